The molecule has 0 saturated heterocycles. The summed E-state index contributed by atoms with van der Waals surface area (Å²) in [5.41, 5.74) is 3.14. The summed E-state index contributed by atoms with van der Waals surface area (Å²) in [6, 6.07) is 13.2. The van der Waals surface area contributed by atoms with Crippen molar-refractivity contribution in [1.82, 2.24) is 5.32 Å². The van der Waals surface area contributed by atoms with E-state index in [4.69, 9.17) is 9.84 Å². The van der Waals surface area contributed by atoms with Crippen LogP contribution in [0.2, 0.25) is 0 Å². The number of nitrogens with one attached hydrogen (secondary N) is 1. The highest BCUT2D eigenvalue weighted by Gasteiger charge is 2.03. The summed E-state index contributed by atoms with van der Waals surface area (Å²) in [7, 11) is 0. The number of hydrogen-bond donors (Lipinski definition) is 3. The smallest absolute Gasteiger partial charge is 0.161 e. The number of ether oxygens (including phenoxy) is 1. The lowest BCUT2D eigenvalue weighted by atomic mass is 10.1. The molecule has 21 heavy (non-hydrogen) atoms. The number of rotatable bonds is 7. The molecule has 3 N–H and O–H groups in total. The molecular weight excluding hydrogens is 266 g/mol. The van der Waals surface area contributed by atoms with Gasteiger partial charge in [-0.25, -0.2) is 0 Å². The zero-order chi connectivity index (χ0) is 15.1. The zero-order valence-corrected chi connectivity index (χ0v) is 12.2. The average Bonchev–Trinajstić information content (AvgIpc) is 2.51. The Morgan fingerprint density at radius 1 is 0.952 bits per heavy atom. The monoisotopic (exact) mass is 287 g/mol. The van der Waals surface area contributed by atoms with Gasteiger partial charge >= 0.3 is 0 Å². The van der Waals surface area contributed by atoms with Gasteiger partial charge < -0.3 is 20.3 Å². The fourth-order valence-electron chi connectivity index (χ4n) is 2.05. The van der Waals surface area contributed by atoms with E-state index >= 15 is 0 Å². The Hall–Kier alpha value is -2.04. The quantitative estimate of drug-likeness (QED) is 0.732. The number of phenolic OH excluding ortho intramolecular Hbond substituents is 1. The number of phenols is 1. The Kier molecular flexibility index (Phi) is 5.60. The second-order valence-electron chi connectivity index (χ2n) is 4.81. The molecule has 0 atom stereocenters. The van der Waals surface area contributed by atoms with Gasteiger partial charge in [-0.1, -0.05) is 30.3 Å². The summed E-state index contributed by atoms with van der Waals surface area (Å²) >= 11 is 0. The lowest BCUT2D eigenvalue weighted by Crippen LogP contribution is -2.12. The minimum Gasteiger partial charge on any atom is -0.504 e. The molecule has 0 unspecified atom stereocenters. The maximum absolute atomic E-state index is 9.65. The van der Waals surface area contributed by atoms with Gasteiger partial charge in [-0.05, 0) is 35.7 Å². The van der Waals surface area contributed by atoms with Crippen LogP contribution in [0.15, 0.2) is 42.5 Å². The van der Waals surface area contributed by atoms with E-state index in [1.54, 1.807) is 6.07 Å². The maximum Gasteiger partial charge on any atom is 0.161 e. The van der Waals surface area contributed by atoms with Crippen LogP contribution in [0.25, 0.3) is 0 Å². The van der Waals surface area contributed by atoms with Crippen LogP contribution in [0.3, 0.4) is 0 Å². The van der Waals surface area contributed by atoms with E-state index in [9.17, 15) is 5.11 Å². The highest BCUT2D eigenvalue weighted by atomic mass is 16.5. The Balaban J connectivity index is 1.89. The third-order valence-corrected chi connectivity index (χ3v) is 3.19. The van der Waals surface area contributed by atoms with Crippen molar-refractivity contribution in [3.05, 3.63) is 59.2 Å². The SMILES string of the molecule is CCOc1cc(CNCc2ccc(CO)cc2)ccc1O. The van der Waals surface area contributed by atoms with Gasteiger partial charge in [0.25, 0.3) is 0 Å². The van der Waals surface area contributed by atoms with Gasteiger partial charge in [0.1, 0.15) is 0 Å². The Morgan fingerprint density at radius 3 is 2.24 bits per heavy atom. The van der Waals surface area contributed by atoms with Crippen LogP contribution in [-0.4, -0.2) is 16.8 Å². The van der Waals surface area contributed by atoms with E-state index in [2.05, 4.69) is 5.32 Å². The summed E-state index contributed by atoms with van der Waals surface area (Å²) in [6.07, 6.45) is 0. The predicted octanol–water partition coefficient (Wildman–Crippen LogP) is 2.57. The van der Waals surface area contributed by atoms with Crippen LogP contribution >= 0.6 is 0 Å². The molecular formula is C17H21NO3. The molecule has 0 spiro atoms. The lowest BCUT2D eigenvalue weighted by molar-refractivity contribution is 0.282. The molecule has 0 bridgehead atoms. The molecule has 0 saturated carbocycles. The number of benzene rings is 2. The highest BCUT2D eigenvalue weighted by molar-refractivity contribution is 5.41. The molecule has 0 radical (unpaired) electrons. The molecule has 0 fully saturated rings. The molecule has 0 aromatic heterocycles. The number of aliphatic hydroxyl groups excluding tert-OH is 1. The number of hydrogen-bond acceptors (Lipinski definition) is 4. The maximum atomic E-state index is 9.65. The van der Waals surface area contributed by atoms with Gasteiger partial charge in [0.2, 0.25) is 0 Å². The Labute approximate surface area is 125 Å². The first-order chi connectivity index (χ1) is 10.2. The fourth-order valence-corrected chi connectivity index (χ4v) is 2.05. The highest BCUT2D eigenvalue weighted by Crippen LogP contribution is 2.26. The number of aliphatic hydroxyl groups is 1. The van der Waals surface area contributed by atoms with E-state index in [1.807, 2.05) is 43.3 Å². The molecule has 0 aliphatic rings. The van der Waals surface area contributed by atoms with E-state index in [-0.39, 0.29) is 12.4 Å². The number of aromatic hydroxyl groups is 1. The van der Waals surface area contributed by atoms with Crippen molar-refractivity contribution in [2.24, 2.45) is 0 Å². The van der Waals surface area contributed by atoms with Crippen LogP contribution < -0.4 is 10.1 Å². The molecule has 0 amide bonds. The van der Waals surface area contributed by atoms with Gasteiger partial charge in [0.05, 0.1) is 13.2 Å². The van der Waals surface area contributed by atoms with Gasteiger partial charge in [-0.15, -0.1) is 0 Å². The third kappa shape index (κ3) is 4.48. The van der Waals surface area contributed by atoms with Gasteiger partial charge in [0, 0.05) is 13.1 Å². The van der Waals surface area contributed by atoms with Crippen LogP contribution in [0.1, 0.15) is 23.6 Å². The molecule has 2 rings (SSSR count). The van der Waals surface area contributed by atoms with E-state index in [0.717, 1.165) is 23.2 Å². The minimum absolute atomic E-state index is 0.0709. The van der Waals surface area contributed by atoms with E-state index < -0.39 is 0 Å². The predicted molar refractivity (Wildman–Crippen MR) is 82.2 cm³/mol. The first-order valence-electron chi connectivity index (χ1n) is 7.07. The van der Waals surface area contributed by atoms with Gasteiger partial charge in [-0.3, -0.25) is 0 Å². The molecule has 2 aromatic carbocycles. The average molecular weight is 287 g/mol. The van der Waals surface area contributed by atoms with Crippen molar-refractivity contribution in [1.29, 1.82) is 0 Å². The molecule has 0 heterocycles. The van der Waals surface area contributed by atoms with Gasteiger partial charge in [-0.2, -0.15) is 0 Å². The lowest BCUT2D eigenvalue weighted by Gasteiger charge is -2.09. The van der Waals surface area contributed by atoms with E-state index in [1.165, 1.54) is 0 Å². The van der Waals surface area contributed by atoms with Crippen molar-refractivity contribution in [2.75, 3.05) is 6.61 Å². The Bertz CT molecular complexity index is 567. The molecule has 4 nitrogen and oxygen atoms in total. The molecule has 0 aliphatic carbocycles. The first kappa shape index (κ1) is 15.4. The molecule has 4 heteroatoms. The normalized spacial score (nSPS) is 10.6. The van der Waals surface area contributed by atoms with Crippen LogP contribution in [0.5, 0.6) is 11.5 Å². The topological polar surface area (TPSA) is 61.7 Å². The van der Waals surface area contributed by atoms with Crippen LogP contribution in [0, 0.1) is 0 Å². The van der Waals surface area contributed by atoms with Crippen molar-refractivity contribution in [3.8, 4) is 11.5 Å². The second kappa shape index (κ2) is 7.67. The largest absolute Gasteiger partial charge is 0.504 e. The fraction of sp³-hybridized carbons (Fsp3) is 0.294. The standard InChI is InChI=1S/C17H21NO3/c1-2-21-17-9-15(7-8-16(17)20)11-18-10-13-3-5-14(12-19)6-4-13/h3-9,18-20H,2,10-12H2,1H3. The van der Waals surface area contributed by atoms with Crippen molar-refractivity contribution < 1.29 is 14.9 Å². The summed E-state index contributed by atoms with van der Waals surface area (Å²) in [6.45, 7) is 3.93. The molecule has 0 aliphatic heterocycles. The van der Waals surface area contributed by atoms with Crippen LogP contribution in [0.4, 0.5) is 0 Å². The molecule has 112 valence electrons. The summed E-state index contributed by atoms with van der Waals surface area (Å²) in [4.78, 5) is 0. The molecule has 2 aromatic rings. The van der Waals surface area contributed by atoms with Crippen LogP contribution in [-0.2, 0) is 19.7 Å². The van der Waals surface area contributed by atoms with Crippen molar-refractivity contribution >= 4 is 0 Å². The summed E-state index contributed by atoms with van der Waals surface area (Å²) in [5, 5.41) is 22.0. The summed E-state index contributed by atoms with van der Waals surface area (Å²) < 4.78 is 5.37. The second-order valence-corrected chi connectivity index (χ2v) is 4.81. The van der Waals surface area contributed by atoms with E-state index in [0.29, 0.717) is 18.9 Å². The summed E-state index contributed by atoms with van der Waals surface area (Å²) in [5.74, 6) is 0.685. The van der Waals surface area contributed by atoms with Crippen molar-refractivity contribution in [2.45, 2.75) is 26.6 Å². The van der Waals surface area contributed by atoms with Crippen molar-refractivity contribution in [3.63, 3.8) is 0 Å². The zero-order valence-electron chi connectivity index (χ0n) is 12.2. The third-order valence-electron chi connectivity index (χ3n) is 3.19. The Morgan fingerprint density at radius 2 is 1.57 bits per heavy atom. The first-order valence-corrected chi connectivity index (χ1v) is 7.07. The minimum atomic E-state index is 0.0709. The van der Waals surface area contributed by atoms with Gasteiger partial charge in [0.15, 0.2) is 11.5 Å².